The Labute approximate surface area is 125 Å². The number of benzene rings is 1. The summed E-state index contributed by atoms with van der Waals surface area (Å²) in [7, 11) is 0. The van der Waals surface area contributed by atoms with Gasteiger partial charge in [0.05, 0.1) is 12.2 Å². The van der Waals surface area contributed by atoms with Crippen molar-refractivity contribution in [3.8, 4) is 5.69 Å². The molecule has 1 N–H and O–H groups in total. The third kappa shape index (κ3) is 3.28. The molecule has 2 aromatic rings. The van der Waals surface area contributed by atoms with Crippen LogP contribution in [-0.4, -0.2) is 51.3 Å². The van der Waals surface area contributed by atoms with Crippen molar-refractivity contribution < 1.29 is 0 Å². The van der Waals surface area contributed by atoms with E-state index in [4.69, 9.17) is 0 Å². The zero-order valence-electron chi connectivity index (χ0n) is 10.5. The van der Waals surface area contributed by atoms with Crippen molar-refractivity contribution >= 4 is 22.6 Å². The van der Waals surface area contributed by atoms with Gasteiger partial charge in [-0.2, -0.15) is 0 Å². The lowest BCUT2D eigenvalue weighted by atomic mass is 10.3. The fourth-order valence-electron chi connectivity index (χ4n) is 2.09. The molecule has 100 valence electrons. The maximum Gasteiger partial charge on any atom is 0.189 e. The molecule has 0 bridgehead atoms. The van der Waals surface area contributed by atoms with Crippen LogP contribution in [0.15, 0.2) is 24.3 Å². The second-order valence-electron chi connectivity index (χ2n) is 4.50. The summed E-state index contributed by atoms with van der Waals surface area (Å²) in [6.07, 6.45) is 0. The summed E-state index contributed by atoms with van der Waals surface area (Å²) in [6.45, 7) is 4.91. The smallest absolute Gasteiger partial charge is 0.189 e. The van der Waals surface area contributed by atoms with Crippen LogP contribution >= 0.6 is 22.6 Å². The lowest BCUT2D eigenvalue weighted by molar-refractivity contribution is 0.228. The van der Waals surface area contributed by atoms with Gasteiger partial charge < -0.3 is 5.32 Å². The topological polar surface area (TPSA) is 58.9 Å². The minimum Gasteiger partial charge on any atom is -0.314 e. The number of nitrogens with one attached hydrogen (secondary N) is 1. The summed E-state index contributed by atoms with van der Waals surface area (Å²) < 4.78 is 1.16. The van der Waals surface area contributed by atoms with Crippen molar-refractivity contribution in [3.05, 3.63) is 33.7 Å². The van der Waals surface area contributed by atoms with E-state index in [-0.39, 0.29) is 0 Å². The van der Waals surface area contributed by atoms with Gasteiger partial charge in [0.25, 0.3) is 0 Å². The van der Waals surface area contributed by atoms with Gasteiger partial charge in [-0.05, 0) is 46.0 Å². The lowest BCUT2D eigenvalue weighted by Gasteiger charge is -2.25. The molecule has 0 spiro atoms. The summed E-state index contributed by atoms with van der Waals surface area (Å²) in [6, 6.07) is 8.06. The fraction of sp³-hybridized carbons (Fsp3) is 0.417. The van der Waals surface area contributed by atoms with Gasteiger partial charge in [0.2, 0.25) is 0 Å². The van der Waals surface area contributed by atoms with Gasteiger partial charge in [0, 0.05) is 29.7 Å². The summed E-state index contributed by atoms with van der Waals surface area (Å²) >= 11 is 2.28. The molecule has 1 aliphatic heterocycles. The first-order chi connectivity index (χ1) is 9.31. The first-order valence-electron chi connectivity index (χ1n) is 6.29. The van der Waals surface area contributed by atoms with Gasteiger partial charge in [0.1, 0.15) is 0 Å². The molecular weight excluding hydrogens is 355 g/mol. The van der Waals surface area contributed by atoms with Crippen LogP contribution in [0.5, 0.6) is 0 Å². The molecule has 19 heavy (non-hydrogen) atoms. The normalized spacial score (nSPS) is 16.7. The Morgan fingerprint density at radius 3 is 2.89 bits per heavy atom. The highest BCUT2D eigenvalue weighted by Gasteiger charge is 2.13. The van der Waals surface area contributed by atoms with Crippen molar-refractivity contribution in [3.63, 3.8) is 0 Å². The highest BCUT2D eigenvalue weighted by atomic mass is 127. The minimum absolute atomic E-state index is 0.769. The van der Waals surface area contributed by atoms with E-state index in [0.29, 0.717) is 0 Å². The van der Waals surface area contributed by atoms with Crippen LogP contribution in [0.4, 0.5) is 0 Å². The Morgan fingerprint density at radius 2 is 2.11 bits per heavy atom. The van der Waals surface area contributed by atoms with Crippen LogP contribution in [-0.2, 0) is 6.54 Å². The molecule has 7 heteroatoms. The predicted octanol–water partition coefficient (Wildman–Crippen LogP) is 0.672. The molecule has 1 fully saturated rings. The number of piperazine rings is 1. The average Bonchev–Trinajstić information content (AvgIpc) is 2.88. The number of nitrogens with zero attached hydrogens (tertiary/aromatic N) is 5. The maximum absolute atomic E-state index is 4.44. The number of aromatic nitrogens is 4. The minimum atomic E-state index is 0.769. The molecule has 2 heterocycles. The Morgan fingerprint density at radius 1 is 1.26 bits per heavy atom. The number of hydrogen-bond acceptors (Lipinski definition) is 5. The van der Waals surface area contributed by atoms with Crippen LogP contribution in [0.1, 0.15) is 5.82 Å². The molecule has 0 radical (unpaired) electrons. The van der Waals surface area contributed by atoms with Gasteiger partial charge in [0.15, 0.2) is 5.82 Å². The van der Waals surface area contributed by atoms with E-state index in [1.807, 2.05) is 24.3 Å². The number of rotatable bonds is 3. The molecule has 0 saturated carbocycles. The van der Waals surface area contributed by atoms with E-state index in [1.165, 1.54) is 0 Å². The van der Waals surface area contributed by atoms with Crippen LogP contribution in [0.25, 0.3) is 5.69 Å². The summed E-state index contributed by atoms with van der Waals surface area (Å²) in [5.41, 5.74) is 0.950. The molecule has 3 rings (SSSR count). The van der Waals surface area contributed by atoms with Crippen molar-refractivity contribution in [2.75, 3.05) is 26.2 Å². The zero-order chi connectivity index (χ0) is 13.1. The van der Waals surface area contributed by atoms with E-state index >= 15 is 0 Å². The van der Waals surface area contributed by atoms with Gasteiger partial charge in [-0.25, -0.2) is 0 Å². The fourth-order valence-corrected chi connectivity index (χ4v) is 2.61. The van der Waals surface area contributed by atoms with Gasteiger partial charge in [-0.3, -0.25) is 4.90 Å². The van der Waals surface area contributed by atoms with Crippen LogP contribution in [0.3, 0.4) is 0 Å². The first-order valence-corrected chi connectivity index (χ1v) is 7.37. The van der Waals surface area contributed by atoms with E-state index in [2.05, 4.69) is 48.2 Å². The Balaban J connectivity index is 1.72. The second kappa shape index (κ2) is 5.93. The molecule has 1 aromatic heterocycles. The number of tetrazole rings is 1. The highest BCUT2D eigenvalue weighted by Crippen LogP contribution is 2.10. The van der Waals surface area contributed by atoms with E-state index in [0.717, 1.165) is 47.8 Å². The van der Waals surface area contributed by atoms with Gasteiger partial charge in [-0.15, -0.1) is 15.0 Å². The standard InChI is InChI=1S/C12H15IN6/c13-10-2-1-3-11(8-10)19-16-12(15-17-19)9-18-6-4-14-5-7-18/h1-3,8,14H,4-7,9H2. The van der Waals surface area contributed by atoms with Crippen molar-refractivity contribution in [2.24, 2.45) is 0 Å². The third-order valence-corrected chi connectivity index (χ3v) is 3.74. The largest absolute Gasteiger partial charge is 0.314 e. The Kier molecular flexibility index (Phi) is 4.04. The zero-order valence-corrected chi connectivity index (χ0v) is 12.6. The van der Waals surface area contributed by atoms with E-state index in [9.17, 15) is 0 Å². The van der Waals surface area contributed by atoms with Crippen molar-refractivity contribution in [1.82, 2.24) is 30.4 Å². The summed E-state index contributed by atoms with van der Waals surface area (Å²) in [5.74, 6) is 0.778. The second-order valence-corrected chi connectivity index (χ2v) is 5.75. The molecule has 0 amide bonds. The molecule has 0 aliphatic carbocycles. The molecule has 1 aromatic carbocycles. The highest BCUT2D eigenvalue weighted by molar-refractivity contribution is 14.1. The van der Waals surface area contributed by atoms with Crippen LogP contribution in [0, 0.1) is 3.57 Å². The van der Waals surface area contributed by atoms with Crippen LogP contribution in [0.2, 0.25) is 0 Å². The summed E-state index contributed by atoms with van der Waals surface area (Å²) in [4.78, 5) is 3.94. The molecule has 6 nitrogen and oxygen atoms in total. The quantitative estimate of drug-likeness (QED) is 0.806. The van der Waals surface area contributed by atoms with Crippen molar-refractivity contribution in [2.45, 2.75) is 6.54 Å². The predicted molar refractivity (Wildman–Crippen MR) is 80.0 cm³/mol. The Bertz CT molecular complexity index is 549. The number of halogens is 1. The molecule has 0 unspecified atom stereocenters. The van der Waals surface area contributed by atoms with Crippen molar-refractivity contribution in [1.29, 1.82) is 0 Å². The summed E-state index contributed by atoms with van der Waals surface area (Å²) in [5, 5.41) is 16.0. The number of hydrogen-bond donors (Lipinski definition) is 1. The third-order valence-electron chi connectivity index (χ3n) is 3.07. The molecule has 1 aliphatic rings. The molecule has 1 saturated heterocycles. The monoisotopic (exact) mass is 370 g/mol. The van der Waals surface area contributed by atoms with Gasteiger partial charge in [-0.1, -0.05) is 6.07 Å². The SMILES string of the molecule is Ic1cccc(-n2nnc(CN3CCNCC3)n2)c1. The van der Waals surface area contributed by atoms with E-state index < -0.39 is 0 Å². The van der Waals surface area contributed by atoms with Crippen LogP contribution < -0.4 is 5.32 Å². The first kappa shape index (κ1) is 12.9. The Hall–Kier alpha value is -1.06. The lowest BCUT2D eigenvalue weighted by Crippen LogP contribution is -2.43. The van der Waals surface area contributed by atoms with Gasteiger partial charge >= 0.3 is 0 Å². The molecule has 0 atom stereocenters. The molecular formula is C12H15IN6. The van der Waals surface area contributed by atoms with E-state index in [1.54, 1.807) is 4.80 Å². The maximum atomic E-state index is 4.44. The average molecular weight is 370 g/mol.